The lowest BCUT2D eigenvalue weighted by atomic mass is 10.0. The van der Waals surface area contributed by atoms with E-state index >= 15 is 0 Å². The summed E-state index contributed by atoms with van der Waals surface area (Å²) < 4.78 is 0. The molecule has 1 N–H and O–H groups in total. The molecule has 0 spiro atoms. The van der Waals surface area contributed by atoms with Gasteiger partial charge in [0.2, 0.25) is 0 Å². The van der Waals surface area contributed by atoms with Crippen LogP contribution in [0.25, 0.3) is 0 Å². The van der Waals surface area contributed by atoms with Crippen LogP contribution in [-0.2, 0) is 0 Å². The van der Waals surface area contributed by atoms with Gasteiger partial charge in [-0.1, -0.05) is 36.4 Å². The molecule has 3 nitrogen and oxygen atoms in total. The molecule has 0 bridgehead atoms. The number of likely N-dealkylation sites (N-methyl/N-ethyl adjacent to an activating group) is 1. The van der Waals surface area contributed by atoms with E-state index in [1.807, 2.05) is 0 Å². The predicted octanol–water partition coefficient (Wildman–Crippen LogP) is 3.70. The highest BCUT2D eigenvalue weighted by atomic mass is 15.2. The van der Waals surface area contributed by atoms with Crippen LogP contribution >= 0.6 is 0 Å². The van der Waals surface area contributed by atoms with Crippen molar-refractivity contribution in [1.82, 2.24) is 4.90 Å². The van der Waals surface area contributed by atoms with Crippen LogP contribution in [0.2, 0.25) is 0 Å². The number of nitrogens with one attached hydrogen (secondary N) is 1. The number of benzene rings is 2. The average Bonchev–Trinajstić information content (AvgIpc) is 2.78. The van der Waals surface area contributed by atoms with E-state index in [1.165, 1.54) is 17.8 Å². The Kier molecular flexibility index (Phi) is 5.19. The summed E-state index contributed by atoms with van der Waals surface area (Å²) in [4.78, 5) is 4.89. The molecule has 1 fully saturated rings. The third kappa shape index (κ3) is 4.05. The van der Waals surface area contributed by atoms with Gasteiger partial charge in [0.15, 0.2) is 0 Å². The normalized spacial score (nSPS) is 22.3. The first-order valence-corrected chi connectivity index (χ1v) is 8.52. The molecular weight excluding hydrogens is 282 g/mol. The summed E-state index contributed by atoms with van der Waals surface area (Å²) in [6, 6.07) is 22.3. The van der Waals surface area contributed by atoms with Gasteiger partial charge in [0.1, 0.15) is 0 Å². The molecule has 0 saturated carbocycles. The molecule has 1 aliphatic rings. The van der Waals surface area contributed by atoms with Gasteiger partial charge in [-0.15, -0.1) is 0 Å². The van der Waals surface area contributed by atoms with E-state index < -0.39 is 0 Å². The second-order valence-electron chi connectivity index (χ2n) is 6.51. The van der Waals surface area contributed by atoms with Crippen molar-refractivity contribution in [2.24, 2.45) is 0 Å². The van der Waals surface area contributed by atoms with Gasteiger partial charge in [-0.25, -0.2) is 0 Å². The molecule has 2 aromatic rings. The van der Waals surface area contributed by atoms with Crippen molar-refractivity contribution in [1.29, 1.82) is 0 Å². The molecule has 23 heavy (non-hydrogen) atoms. The SMILES string of the molecule is CN1CCC(Nc2ccccc2)[C@@H](N(C)c2ccccc2)CC1. The summed E-state index contributed by atoms with van der Waals surface area (Å²) >= 11 is 0. The monoisotopic (exact) mass is 309 g/mol. The minimum Gasteiger partial charge on any atom is -0.380 e. The molecule has 1 unspecified atom stereocenters. The molecule has 0 radical (unpaired) electrons. The van der Waals surface area contributed by atoms with Gasteiger partial charge in [-0.3, -0.25) is 0 Å². The van der Waals surface area contributed by atoms with Crippen LogP contribution < -0.4 is 10.2 Å². The van der Waals surface area contributed by atoms with Gasteiger partial charge in [-0.05, 0) is 57.2 Å². The first-order chi connectivity index (χ1) is 11.2. The number of hydrogen-bond acceptors (Lipinski definition) is 3. The number of anilines is 2. The van der Waals surface area contributed by atoms with Gasteiger partial charge in [0, 0.05) is 24.5 Å². The molecular formula is C20H27N3. The molecule has 0 amide bonds. The highest BCUT2D eigenvalue weighted by molar-refractivity contribution is 5.49. The number of rotatable bonds is 4. The lowest BCUT2D eigenvalue weighted by Crippen LogP contribution is -2.45. The van der Waals surface area contributed by atoms with Gasteiger partial charge in [0.05, 0.1) is 6.04 Å². The zero-order chi connectivity index (χ0) is 16.1. The van der Waals surface area contributed by atoms with Gasteiger partial charge in [0.25, 0.3) is 0 Å². The summed E-state index contributed by atoms with van der Waals surface area (Å²) in [5, 5.41) is 3.77. The minimum atomic E-state index is 0.451. The Labute approximate surface area is 139 Å². The Balaban J connectivity index is 1.80. The average molecular weight is 309 g/mol. The highest BCUT2D eigenvalue weighted by Crippen LogP contribution is 2.24. The molecule has 0 aromatic heterocycles. The molecule has 2 aromatic carbocycles. The van der Waals surface area contributed by atoms with E-state index in [0.29, 0.717) is 12.1 Å². The topological polar surface area (TPSA) is 18.5 Å². The van der Waals surface area contributed by atoms with Crippen molar-refractivity contribution in [3.05, 3.63) is 60.7 Å². The fourth-order valence-corrected chi connectivity index (χ4v) is 3.45. The van der Waals surface area contributed by atoms with E-state index in [-0.39, 0.29) is 0 Å². The summed E-state index contributed by atoms with van der Waals surface area (Å²) in [6.45, 7) is 2.29. The first kappa shape index (κ1) is 15.9. The van der Waals surface area contributed by atoms with Crippen LogP contribution in [0.15, 0.2) is 60.7 Å². The lowest BCUT2D eigenvalue weighted by Gasteiger charge is -2.36. The summed E-state index contributed by atoms with van der Waals surface area (Å²) in [5.74, 6) is 0. The van der Waals surface area contributed by atoms with Crippen LogP contribution in [0.1, 0.15) is 12.8 Å². The van der Waals surface area contributed by atoms with Crippen LogP contribution in [-0.4, -0.2) is 44.2 Å². The lowest BCUT2D eigenvalue weighted by molar-refractivity contribution is 0.346. The summed E-state index contributed by atoms with van der Waals surface area (Å²) in [6.07, 6.45) is 2.33. The maximum atomic E-state index is 3.77. The predicted molar refractivity (Wildman–Crippen MR) is 99.2 cm³/mol. The number of likely N-dealkylation sites (tertiary alicyclic amines) is 1. The number of para-hydroxylation sites is 2. The highest BCUT2D eigenvalue weighted by Gasteiger charge is 2.28. The molecule has 0 aliphatic carbocycles. The van der Waals surface area contributed by atoms with E-state index in [1.54, 1.807) is 0 Å². The Morgan fingerprint density at radius 2 is 1.52 bits per heavy atom. The number of hydrogen-bond donors (Lipinski definition) is 1. The molecule has 1 heterocycles. The van der Waals surface area contributed by atoms with Crippen molar-refractivity contribution >= 4 is 11.4 Å². The van der Waals surface area contributed by atoms with E-state index in [4.69, 9.17) is 0 Å². The van der Waals surface area contributed by atoms with Crippen LogP contribution in [0.3, 0.4) is 0 Å². The van der Waals surface area contributed by atoms with Gasteiger partial charge in [-0.2, -0.15) is 0 Å². The van der Waals surface area contributed by atoms with Crippen LogP contribution in [0.5, 0.6) is 0 Å². The second-order valence-corrected chi connectivity index (χ2v) is 6.51. The molecule has 1 aliphatic heterocycles. The molecule has 122 valence electrons. The second kappa shape index (κ2) is 7.51. The van der Waals surface area contributed by atoms with E-state index in [0.717, 1.165) is 19.5 Å². The molecule has 3 rings (SSSR count). The van der Waals surface area contributed by atoms with Gasteiger partial charge < -0.3 is 15.1 Å². The van der Waals surface area contributed by atoms with Crippen molar-refractivity contribution in [3.63, 3.8) is 0 Å². The Morgan fingerprint density at radius 1 is 0.913 bits per heavy atom. The van der Waals surface area contributed by atoms with Crippen molar-refractivity contribution < 1.29 is 0 Å². The zero-order valence-corrected chi connectivity index (χ0v) is 14.2. The number of nitrogens with zero attached hydrogens (tertiary/aromatic N) is 2. The molecule has 1 saturated heterocycles. The maximum Gasteiger partial charge on any atom is 0.0500 e. The zero-order valence-electron chi connectivity index (χ0n) is 14.2. The van der Waals surface area contributed by atoms with Crippen LogP contribution in [0, 0.1) is 0 Å². The Bertz CT molecular complexity index is 584. The first-order valence-electron chi connectivity index (χ1n) is 8.52. The third-order valence-corrected chi connectivity index (χ3v) is 4.88. The summed E-state index contributed by atoms with van der Waals surface area (Å²) in [5.41, 5.74) is 2.51. The standard InChI is InChI=1S/C20H27N3/c1-22-15-13-19(21-17-9-5-3-6-10-17)20(14-16-22)23(2)18-11-7-4-8-12-18/h3-12,19-21H,13-16H2,1-2H3/t19?,20-/m0/s1. The minimum absolute atomic E-state index is 0.451. The van der Waals surface area contributed by atoms with Gasteiger partial charge >= 0.3 is 0 Å². The third-order valence-electron chi connectivity index (χ3n) is 4.88. The van der Waals surface area contributed by atoms with E-state index in [9.17, 15) is 0 Å². The van der Waals surface area contributed by atoms with Crippen LogP contribution in [0.4, 0.5) is 11.4 Å². The Morgan fingerprint density at radius 3 is 2.22 bits per heavy atom. The van der Waals surface area contributed by atoms with Crippen molar-refractivity contribution in [3.8, 4) is 0 Å². The van der Waals surface area contributed by atoms with Crippen molar-refractivity contribution in [2.75, 3.05) is 37.4 Å². The van der Waals surface area contributed by atoms with Crippen molar-refractivity contribution in [2.45, 2.75) is 24.9 Å². The molecule has 2 atom stereocenters. The fraction of sp³-hybridized carbons (Fsp3) is 0.400. The largest absolute Gasteiger partial charge is 0.380 e. The quantitative estimate of drug-likeness (QED) is 0.929. The fourth-order valence-electron chi connectivity index (χ4n) is 3.45. The molecule has 3 heteroatoms. The Hall–Kier alpha value is -2.00. The summed E-state index contributed by atoms with van der Waals surface area (Å²) in [7, 11) is 4.45. The smallest absolute Gasteiger partial charge is 0.0500 e. The maximum absolute atomic E-state index is 3.77. The van der Waals surface area contributed by atoms with E-state index in [2.05, 4.69) is 89.9 Å².